The highest BCUT2D eigenvalue weighted by molar-refractivity contribution is 5.78. The molecule has 0 bridgehead atoms. The average Bonchev–Trinajstić information content (AvgIpc) is 2.48. The lowest BCUT2D eigenvalue weighted by molar-refractivity contribution is -0.123. The van der Waals surface area contributed by atoms with Crippen LogP contribution < -0.4 is 5.32 Å². The van der Waals surface area contributed by atoms with E-state index in [4.69, 9.17) is 0 Å². The van der Waals surface area contributed by atoms with Gasteiger partial charge in [-0.25, -0.2) is 0 Å². The molecule has 0 radical (unpaired) electrons. The van der Waals surface area contributed by atoms with Crippen LogP contribution in [0, 0.1) is 0 Å². The number of carbonyl (C=O) groups excluding carboxylic acids is 1. The van der Waals surface area contributed by atoms with E-state index in [-0.39, 0.29) is 11.9 Å². The highest BCUT2D eigenvalue weighted by Gasteiger charge is 2.18. The summed E-state index contributed by atoms with van der Waals surface area (Å²) in [6.45, 7) is 9.93. The van der Waals surface area contributed by atoms with Crippen LogP contribution in [0.25, 0.3) is 0 Å². The van der Waals surface area contributed by atoms with Crippen LogP contribution in [0.15, 0.2) is 24.5 Å². The van der Waals surface area contributed by atoms with Crippen LogP contribution >= 0.6 is 0 Å². The third-order valence-corrected chi connectivity index (χ3v) is 3.95. The van der Waals surface area contributed by atoms with Gasteiger partial charge >= 0.3 is 0 Å². The van der Waals surface area contributed by atoms with E-state index in [1.165, 1.54) is 0 Å². The van der Waals surface area contributed by atoms with Crippen LogP contribution in [-0.2, 0) is 11.2 Å². The number of carbonyl (C=O) groups is 1. The summed E-state index contributed by atoms with van der Waals surface area (Å²) in [6.07, 6.45) is 4.44. The van der Waals surface area contributed by atoms with Gasteiger partial charge in [-0.2, -0.15) is 0 Å². The predicted octanol–water partition coefficient (Wildman–Crippen LogP) is 0.766. The van der Waals surface area contributed by atoms with Gasteiger partial charge in [-0.15, -0.1) is 0 Å². The van der Waals surface area contributed by atoms with Crippen LogP contribution in [0.3, 0.4) is 0 Å². The molecule has 1 aliphatic rings. The minimum atomic E-state index is 0.122. The Kier molecular flexibility index (Phi) is 6.14. The summed E-state index contributed by atoms with van der Waals surface area (Å²) < 4.78 is 0. The van der Waals surface area contributed by atoms with E-state index in [2.05, 4.69) is 27.0 Å². The van der Waals surface area contributed by atoms with Crippen LogP contribution in [0.4, 0.5) is 0 Å². The lowest BCUT2D eigenvalue weighted by atomic mass is 10.1. The Labute approximate surface area is 127 Å². The van der Waals surface area contributed by atoms with Crippen molar-refractivity contribution in [2.45, 2.75) is 26.3 Å². The van der Waals surface area contributed by atoms with Gasteiger partial charge < -0.3 is 10.2 Å². The van der Waals surface area contributed by atoms with Crippen molar-refractivity contribution < 1.29 is 4.79 Å². The summed E-state index contributed by atoms with van der Waals surface area (Å²) in [5.41, 5.74) is 1.15. The maximum absolute atomic E-state index is 12.1. The zero-order valence-corrected chi connectivity index (χ0v) is 13.1. The summed E-state index contributed by atoms with van der Waals surface area (Å²) in [4.78, 5) is 20.8. The van der Waals surface area contributed by atoms with Crippen molar-refractivity contribution in [3.63, 3.8) is 0 Å². The molecule has 0 aromatic carbocycles. The molecule has 5 heteroatoms. The number of likely N-dealkylation sites (N-methyl/N-ethyl adjacent to an activating group) is 1. The molecule has 0 spiro atoms. The lowest BCUT2D eigenvalue weighted by Crippen LogP contribution is -2.50. The third-order valence-electron chi connectivity index (χ3n) is 3.95. The fourth-order valence-corrected chi connectivity index (χ4v) is 2.71. The van der Waals surface area contributed by atoms with Gasteiger partial charge in [0.05, 0.1) is 6.54 Å². The van der Waals surface area contributed by atoms with Crippen molar-refractivity contribution in [2.75, 3.05) is 39.3 Å². The SMILES string of the molecule is CCN1CCN(CC(=O)N[C@H](C)Cc2cccnc2)CC1. The summed E-state index contributed by atoms with van der Waals surface area (Å²) in [5, 5.41) is 3.08. The third kappa shape index (κ3) is 5.44. The standard InChI is InChI=1S/C16H26N4O/c1-3-19-7-9-20(10-8-19)13-16(21)18-14(2)11-15-5-4-6-17-12-15/h4-6,12,14H,3,7-11,13H2,1-2H3,(H,18,21)/t14-/m1/s1. The van der Waals surface area contributed by atoms with Crippen molar-refractivity contribution in [1.82, 2.24) is 20.1 Å². The van der Waals surface area contributed by atoms with Crippen molar-refractivity contribution in [1.29, 1.82) is 0 Å². The summed E-state index contributed by atoms with van der Waals surface area (Å²) in [7, 11) is 0. The number of nitrogens with one attached hydrogen (secondary N) is 1. The van der Waals surface area contributed by atoms with Gasteiger partial charge in [0.25, 0.3) is 0 Å². The van der Waals surface area contributed by atoms with Gasteiger partial charge in [-0.05, 0) is 31.5 Å². The van der Waals surface area contributed by atoms with E-state index < -0.39 is 0 Å². The van der Waals surface area contributed by atoms with E-state index in [0.29, 0.717) is 6.54 Å². The second-order valence-corrected chi connectivity index (χ2v) is 5.74. The first-order valence-electron chi connectivity index (χ1n) is 7.80. The van der Waals surface area contributed by atoms with Gasteiger partial charge in [-0.3, -0.25) is 14.7 Å². The van der Waals surface area contributed by atoms with Crippen molar-refractivity contribution in [2.24, 2.45) is 0 Å². The van der Waals surface area contributed by atoms with Crippen molar-refractivity contribution in [3.8, 4) is 0 Å². The van der Waals surface area contributed by atoms with Gasteiger partial charge in [0, 0.05) is 44.6 Å². The molecule has 2 heterocycles. The Morgan fingerprint density at radius 2 is 2.05 bits per heavy atom. The molecule has 0 unspecified atom stereocenters. The van der Waals surface area contributed by atoms with Crippen LogP contribution in [0.1, 0.15) is 19.4 Å². The number of nitrogens with zero attached hydrogens (tertiary/aromatic N) is 3. The molecule has 1 saturated heterocycles. The van der Waals surface area contributed by atoms with E-state index in [9.17, 15) is 4.79 Å². The second kappa shape index (κ2) is 8.10. The molecule has 1 amide bonds. The zero-order chi connectivity index (χ0) is 15.1. The fourth-order valence-electron chi connectivity index (χ4n) is 2.71. The highest BCUT2D eigenvalue weighted by atomic mass is 16.2. The topological polar surface area (TPSA) is 48.5 Å². The Balaban J connectivity index is 1.69. The molecule has 1 aromatic heterocycles. The largest absolute Gasteiger partial charge is 0.352 e. The number of amides is 1. The van der Waals surface area contributed by atoms with E-state index in [0.717, 1.165) is 44.7 Å². The normalized spacial score (nSPS) is 18.4. The molecule has 1 N–H and O–H groups in total. The maximum atomic E-state index is 12.1. The van der Waals surface area contributed by atoms with Gasteiger partial charge in [0.1, 0.15) is 0 Å². The van der Waals surface area contributed by atoms with E-state index in [1.807, 2.05) is 25.3 Å². The summed E-state index contributed by atoms with van der Waals surface area (Å²) in [6, 6.07) is 4.11. The smallest absolute Gasteiger partial charge is 0.234 e. The van der Waals surface area contributed by atoms with Crippen LogP contribution in [0.2, 0.25) is 0 Å². The molecule has 1 aliphatic heterocycles. The summed E-state index contributed by atoms with van der Waals surface area (Å²) >= 11 is 0. The molecule has 5 nitrogen and oxygen atoms in total. The maximum Gasteiger partial charge on any atom is 0.234 e. The number of aromatic nitrogens is 1. The van der Waals surface area contributed by atoms with Crippen LogP contribution in [-0.4, -0.2) is 66.0 Å². The molecule has 1 aromatic rings. The minimum absolute atomic E-state index is 0.122. The molecule has 2 rings (SSSR count). The highest BCUT2D eigenvalue weighted by Crippen LogP contribution is 2.03. The second-order valence-electron chi connectivity index (χ2n) is 5.74. The number of hydrogen-bond acceptors (Lipinski definition) is 4. The predicted molar refractivity (Wildman–Crippen MR) is 84.1 cm³/mol. The minimum Gasteiger partial charge on any atom is -0.352 e. The van der Waals surface area contributed by atoms with E-state index >= 15 is 0 Å². The zero-order valence-electron chi connectivity index (χ0n) is 13.1. The van der Waals surface area contributed by atoms with Gasteiger partial charge in [0.2, 0.25) is 5.91 Å². The van der Waals surface area contributed by atoms with Crippen molar-refractivity contribution >= 4 is 5.91 Å². The number of pyridine rings is 1. The number of rotatable bonds is 6. The quantitative estimate of drug-likeness (QED) is 0.840. The summed E-state index contributed by atoms with van der Waals surface area (Å²) in [5.74, 6) is 0.122. The molecular formula is C16H26N4O. The molecule has 116 valence electrons. The number of piperazine rings is 1. The molecule has 1 fully saturated rings. The molecule has 0 aliphatic carbocycles. The van der Waals surface area contributed by atoms with Crippen molar-refractivity contribution in [3.05, 3.63) is 30.1 Å². The van der Waals surface area contributed by atoms with Gasteiger partial charge in [0.15, 0.2) is 0 Å². The molecule has 0 saturated carbocycles. The lowest BCUT2D eigenvalue weighted by Gasteiger charge is -2.33. The Hall–Kier alpha value is -1.46. The first-order valence-corrected chi connectivity index (χ1v) is 7.80. The Morgan fingerprint density at radius 3 is 2.67 bits per heavy atom. The Bertz CT molecular complexity index is 429. The molecule has 1 atom stereocenters. The average molecular weight is 290 g/mol. The molecule has 21 heavy (non-hydrogen) atoms. The molecular weight excluding hydrogens is 264 g/mol. The number of hydrogen-bond donors (Lipinski definition) is 1. The monoisotopic (exact) mass is 290 g/mol. The Morgan fingerprint density at radius 1 is 1.33 bits per heavy atom. The van der Waals surface area contributed by atoms with Gasteiger partial charge in [-0.1, -0.05) is 13.0 Å². The first kappa shape index (κ1) is 15.9. The van der Waals surface area contributed by atoms with E-state index in [1.54, 1.807) is 6.20 Å². The fraction of sp³-hybridized carbons (Fsp3) is 0.625. The van der Waals surface area contributed by atoms with Crippen LogP contribution in [0.5, 0.6) is 0 Å². The first-order chi connectivity index (χ1) is 10.2.